The molecule has 26 heavy (non-hydrogen) atoms. The number of aromatic nitrogens is 4. The number of hydrogen-bond donors (Lipinski definition) is 1. The van der Waals surface area contributed by atoms with Gasteiger partial charge in [0.2, 0.25) is 0 Å². The molecule has 0 bridgehead atoms. The van der Waals surface area contributed by atoms with Crippen molar-refractivity contribution < 1.29 is 4.74 Å². The van der Waals surface area contributed by atoms with Gasteiger partial charge in [-0.1, -0.05) is 13.8 Å². The largest absolute Gasteiger partial charge is 0.374 e. The summed E-state index contributed by atoms with van der Waals surface area (Å²) in [6.45, 7) is 7.18. The Kier molecular flexibility index (Phi) is 5.82. The van der Waals surface area contributed by atoms with E-state index in [0.29, 0.717) is 12.5 Å². The molecule has 1 unspecified atom stereocenters. The molecule has 0 aromatic carbocycles. The van der Waals surface area contributed by atoms with Crippen LogP contribution in [0.2, 0.25) is 0 Å². The summed E-state index contributed by atoms with van der Waals surface area (Å²) in [4.78, 5) is 22.4. The third-order valence-electron chi connectivity index (χ3n) is 4.58. The fourth-order valence-corrected chi connectivity index (χ4v) is 3.02. The Morgan fingerprint density at radius 1 is 1.38 bits per heavy atom. The van der Waals surface area contributed by atoms with Crippen molar-refractivity contribution in [3.8, 4) is 0 Å². The summed E-state index contributed by atoms with van der Waals surface area (Å²) < 4.78 is 7.21. The molecule has 1 fully saturated rings. The Hall–Kier alpha value is -2.48. The average molecular weight is 358 g/mol. The second-order valence-electron chi connectivity index (χ2n) is 6.81. The van der Waals surface area contributed by atoms with Crippen molar-refractivity contribution in [2.45, 2.75) is 32.3 Å². The van der Waals surface area contributed by atoms with Gasteiger partial charge in [-0.3, -0.25) is 4.79 Å². The Morgan fingerprint density at radius 3 is 3.00 bits per heavy atom. The molecule has 1 aliphatic rings. The minimum atomic E-state index is -0.0998. The van der Waals surface area contributed by atoms with Gasteiger partial charge in [-0.15, -0.1) is 0 Å². The first-order valence-corrected chi connectivity index (χ1v) is 8.98. The average Bonchev–Trinajstić information content (AvgIpc) is 2.64. The molecule has 1 N–H and O–H groups in total. The maximum absolute atomic E-state index is 11.8. The number of nitrogens with one attached hydrogen (secondary N) is 1. The second-order valence-corrected chi connectivity index (χ2v) is 6.81. The number of morpholine rings is 1. The molecule has 2 aromatic heterocycles. The zero-order valence-corrected chi connectivity index (χ0v) is 15.6. The maximum atomic E-state index is 11.8. The van der Waals surface area contributed by atoms with Crippen LogP contribution in [0.1, 0.15) is 31.7 Å². The van der Waals surface area contributed by atoms with Crippen LogP contribution < -0.4 is 15.8 Å². The van der Waals surface area contributed by atoms with E-state index >= 15 is 0 Å². The van der Waals surface area contributed by atoms with E-state index in [0.717, 1.165) is 43.1 Å². The molecular weight excluding hydrogens is 332 g/mol. The molecule has 140 valence electrons. The zero-order valence-electron chi connectivity index (χ0n) is 15.6. The number of anilines is 2. The monoisotopic (exact) mass is 358 g/mol. The number of nitrogens with zero attached hydrogens (tertiary/aromatic N) is 5. The van der Waals surface area contributed by atoms with Gasteiger partial charge < -0.3 is 15.0 Å². The van der Waals surface area contributed by atoms with Crippen molar-refractivity contribution in [2.75, 3.05) is 36.5 Å². The van der Waals surface area contributed by atoms with Crippen LogP contribution >= 0.6 is 0 Å². The summed E-state index contributed by atoms with van der Waals surface area (Å²) in [7, 11) is 1.65. The number of aryl methyl sites for hydroxylation is 1. The summed E-state index contributed by atoms with van der Waals surface area (Å²) in [6, 6.07) is 1.63. The first kappa shape index (κ1) is 18.3. The molecule has 0 spiro atoms. The minimum Gasteiger partial charge on any atom is -0.374 e. The molecular formula is C18H26N6O2. The molecule has 0 amide bonds. The van der Waals surface area contributed by atoms with Crippen molar-refractivity contribution >= 4 is 11.5 Å². The predicted octanol–water partition coefficient (Wildman–Crippen LogP) is 1.40. The van der Waals surface area contributed by atoms with Crippen LogP contribution in [-0.4, -0.2) is 52.1 Å². The van der Waals surface area contributed by atoms with Crippen LogP contribution in [0.25, 0.3) is 0 Å². The second kappa shape index (κ2) is 8.27. The third kappa shape index (κ3) is 4.37. The quantitative estimate of drug-likeness (QED) is 0.835. The lowest BCUT2D eigenvalue weighted by atomic mass is 10.1. The lowest BCUT2D eigenvalue weighted by Gasteiger charge is -2.34. The van der Waals surface area contributed by atoms with Crippen LogP contribution in [0.5, 0.6) is 0 Å². The first-order chi connectivity index (χ1) is 12.5. The Labute approximate surface area is 153 Å². The summed E-state index contributed by atoms with van der Waals surface area (Å²) in [5, 5.41) is 7.50. The highest BCUT2D eigenvalue weighted by atomic mass is 16.5. The van der Waals surface area contributed by atoms with Crippen LogP contribution in [0, 0.1) is 0 Å². The predicted molar refractivity (Wildman–Crippen MR) is 101 cm³/mol. The molecule has 1 aliphatic heterocycles. The number of hydrogen-bond acceptors (Lipinski definition) is 7. The summed E-state index contributed by atoms with van der Waals surface area (Å²) in [5.74, 6) is 1.26. The van der Waals surface area contributed by atoms with E-state index in [1.807, 2.05) is 6.20 Å². The van der Waals surface area contributed by atoms with E-state index in [9.17, 15) is 4.79 Å². The molecule has 3 rings (SSSR count). The van der Waals surface area contributed by atoms with Gasteiger partial charge in [0.15, 0.2) is 0 Å². The van der Waals surface area contributed by atoms with Crippen LogP contribution in [-0.2, 0) is 11.8 Å². The Morgan fingerprint density at radius 2 is 2.23 bits per heavy atom. The van der Waals surface area contributed by atoms with E-state index in [1.54, 1.807) is 25.6 Å². The molecule has 8 nitrogen and oxygen atoms in total. The van der Waals surface area contributed by atoms with E-state index in [2.05, 4.69) is 39.1 Å². The molecule has 2 aromatic rings. The summed E-state index contributed by atoms with van der Waals surface area (Å²) >= 11 is 0. The highest BCUT2D eigenvalue weighted by Crippen LogP contribution is 2.21. The van der Waals surface area contributed by atoms with Gasteiger partial charge in [0.05, 0.1) is 24.6 Å². The maximum Gasteiger partial charge on any atom is 0.268 e. The highest BCUT2D eigenvalue weighted by Gasteiger charge is 2.21. The molecule has 1 saturated heterocycles. The molecule has 1 atom stereocenters. The molecule has 0 saturated carbocycles. The topological polar surface area (TPSA) is 85.2 Å². The van der Waals surface area contributed by atoms with Gasteiger partial charge in [-0.25, -0.2) is 14.6 Å². The summed E-state index contributed by atoms with van der Waals surface area (Å²) in [5.41, 5.74) is 1.87. The van der Waals surface area contributed by atoms with Crippen molar-refractivity contribution in [2.24, 2.45) is 7.05 Å². The lowest BCUT2D eigenvalue weighted by Crippen LogP contribution is -2.43. The fraction of sp³-hybridized carbons (Fsp3) is 0.556. The zero-order chi connectivity index (χ0) is 18.5. The van der Waals surface area contributed by atoms with Gasteiger partial charge in [-0.05, 0) is 12.3 Å². The molecule has 3 heterocycles. The highest BCUT2D eigenvalue weighted by molar-refractivity contribution is 5.44. The van der Waals surface area contributed by atoms with E-state index in [1.165, 1.54) is 4.68 Å². The van der Waals surface area contributed by atoms with Gasteiger partial charge >= 0.3 is 0 Å². The van der Waals surface area contributed by atoms with Crippen molar-refractivity contribution in [3.63, 3.8) is 0 Å². The molecule has 0 aliphatic carbocycles. The van der Waals surface area contributed by atoms with Gasteiger partial charge in [0.1, 0.15) is 12.1 Å². The van der Waals surface area contributed by atoms with Gasteiger partial charge in [0, 0.05) is 44.5 Å². The standard InChI is InChI=1S/C18H26N6O2/c1-13(2)16-10-19-12-21-18(16)20-5-4-15-11-24(6-7-26-15)14-8-17(25)23(3)22-9-14/h8-10,12-13,15H,4-7,11H2,1-3H3,(H,19,20,21). The third-order valence-corrected chi connectivity index (χ3v) is 4.58. The van der Waals surface area contributed by atoms with Crippen LogP contribution in [0.3, 0.4) is 0 Å². The molecule has 8 heteroatoms. The minimum absolute atomic E-state index is 0.0998. The van der Waals surface area contributed by atoms with Crippen molar-refractivity contribution in [1.82, 2.24) is 19.7 Å². The smallest absolute Gasteiger partial charge is 0.268 e. The van der Waals surface area contributed by atoms with E-state index < -0.39 is 0 Å². The number of rotatable bonds is 6. The van der Waals surface area contributed by atoms with Crippen molar-refractivity contribution in [1.29, 1.82) is 0 Å². The van der Waals surface area contributed by atoms with Gasteiger partial charge in [0.25, 0.3) is 5.56 Å². The number of ether oxygens (including phenoxy) is 1. The fourth-order valence-electron chi connectivity index (χ4n) is 3.02. The normalized spacial score (nSPS) is 17.5. The Bertz CT molecular complexity index is 791. The van der Waals surface area contributed by atoms with Crippen molar-refractivity contribution in [3.05, 3.63) is 40.7 Å². The van der Waals surface area contributed by atoms with Crippen LogP contribution in [0.4, 0.5) is 11.5 Å². The Balaban J connectivity index is 1.56. The molecule has 0 radical (unpaired) electrons. The first-order valence-electron chi connectivity index (χ1n) is 8.98. The summed E-state index contributed by atoms with van der Waals surface area (Å²) in [6.07, 6.45) is 6.12. The van der Waals surface area contributed by atoms with E-state index in [4.69, 9.17) is 4.74 Å². The van der Waals surface area contributed by atoms with E-state index in [-0.39, 0.29) is 11.7 Å². The SMILES string of the molecule is CC(C)c1cncnc1NCCC1CN(c2cnn(C)c(=O)c2)CCO1. The lowest BCUT2D eigenvalue weighted by molar-refractivity contribution is 0.0374. The van der Waals surface area contributed by atoms with Crippen LogP contribution in [0.15, 0.2) is 29.6 Å². The van der Waals surface area contributed by atoms with Gasteiger partial charge in [-0.2, -0.15) is 5.10 Å².